The van der Waals surface area contributed by atoms with Crippen molar-refractivity contribution in [2.24, 2.45) is 5.10 Å². The Morgan fingerprint density at radius 1 is 1.32 bits per heavy atom. The van der Waals surface area contributed by atoms with Crippen molar-refractivity contribution in [3.8, 4) is 0 Å². The van der Waals surface area contributed by atoms with Crippen molar-refractivity contribution in [2.75, 3.05) is 18.0 Å². The summed E-state index contributed by atoms with van der Waals surface area (Å²) >= 11 is 0. The molecule has 3 rings (SSSR count). The van der Waals surface area contributed by atoms with Gasteiger partial charge in [0.05, 0.1) is 18.0 Å². The smallest absolute Gasteiger partial charge is 0.259 e. The molecule has 0 fully saturated rings. The molecule has 1 aromatic carbocycles. The van der Waals surface area contributed by atoms with Gasteiger partial charge in [-0.15, -0.1) is 0 Å². The van der Waals surface area contributed by atoms with E-state index in [9.17, 15) is 4.79 Å². The molecule has 2 heterocycles. The van der Waals surface area contributed by atoms with Crippen LogP contribution in [0.3, 0.4) is 0 Å². The summed E-state index contributed by atoms with van der Waals surface area (Å²) in [7, 11) is 0. The van der Waals surface area contributed by atoms with E-state index in [1.807, 2.05) is 37.4 Å². The van der Waals surface area contributed by atoms with Crippen molar-refractivity contribution in [1.29, 1.82) is 0 Å². The number of nitrogens with zero attached hydrogens (tertiary/aromatic N) is 2. The van der Waals surface area contributed by atoms with Gasteiger partial charge in [-0.3, -0.25) is 4.79 Å². The number of rotatable bonds is 4. The molecule has 1 aliphatic heterocycles. The third kappa shape index (κ3) is 3.19. The highest BCUT2D eigenvalue weighted by Gasteiger charge is 2.18. The molecule has 0 bridgehead atoms. The number of para-hydroxylation sites is 1. The van der Waals surface area contributed by atoms with Crippen LogP contribution in [0.25, 0.3) is 0 Å². The molecule has 0 radical (unpaired) electrons. The number of amides is 1. The maximum atomic E-state index is 12.1. The van der Waals surface area contributed by atoms with Crippen molar-refractivity contribution in [2.45, 2.75) is 19.8 Å². The number of carbonyl (C=O) groups excluding carboxylic acids is 1. The zero-order valence-corrected chi connectivity index (χ0v) is 12.7. The van der Waals surface area contributed by atoms with Gasteiger partial charge in [0.1, 0.15) is 0 Å². The number of nitrogens with one attached hydrogen (secondary N) is 2. The first-order chi connectivity index (χ1) is 10.7. The number of hydrogen-bond acceptors (Lipinski definition) is 3. The second-order valence-electron chi connectivity index (χ2n) is 5.47. The van der Waals surface area contributed by atoms with Crippen LogP contribution in [0.4, 0.5) is 5.69 Å². The lowest BCUT2D eigenvalue weighted by atomic mass is 10.0. The predicted octanol–water partition coefficient (Wildman–Crippen LogP) is 2.31. The number of hydrazone groups is 1. The average Bonchev–Trinajstić information content (AvgIpc) is 3.07. The van der Waals surface area contributed by atoms with E-state index in [0.717, 1.165) is 36.5 Å². The van der Waals surface area contributed by atoms with Gasteiger partial charge in [-0.2, -0.15) is 5.10 Å². The van der Waals surface area contributed by atoms with E-state index >= 15 is 0 Å². The van der Waals surface area contributed by atoms with Crippen LogP contribution in [0.2, 0.25) is 0 Å². The van der Waals surface area contributed by atoms with Gasteiger partial charge >= 0.3 is 0 Å². The minimum absolute atomic E-state index is 0.0948. The number of aromatic nitrogens is 1. The van der Waals surface area contributed by atoms with Gasteiger partial charge < -0.3 is 9.88 Å². The van der Waals surface area contributed by atoms with E-state index in [4.69, 9.17) is 0 Å². The van der Waals surface area contributed by atoms with Crippen LogP contribution < -0.4 is 10.3 Å². The zero-order chi connectivity index (χ0) is 15.4. The molecule has 0 saturated carbocycles. The normalized spacial score (nSPS) is 14.6. The highest BCUT2D eigenvalue weighted by Crippen LogP contribution is 2.26. The molecule has 1 amide bonds. The van der Waals surface area contributed by atoms with Gasteiger partial charge in [-0.1, -0.05) is 18.2 Å². The number of carbonyl (C=O) groups is 1. The van der Waals surface area contributed by atoms with Gasteiger partial charge in [-0.05, 0) is 43.5 Å². The maximum Gasteiger partial charge on any atom is 0.259 e. The summed E-state index contributed by atoms with van der Waals surface area (Å²) in [5, 5.41) is 4.15. The molecule has 2 N–H and O–H groups in total. The van der Waals surface area contributed by atoms with E-state index < -0.39 is 0 Å². The number of anilines is 1. The van der Waals surface area contributed by atoms with Crippen LogP contribution in [0, 0.1) is 0 Å². The Morgan fingerprint density at radius 3 is 3.00 bits per heavy atom. The largest absolute Gasteiger partial charge is 0.362 e. The number of hydrogen-bond donors (Lipinski definition) is 2. The van der Waals surface area contributed by atoms with Crippen LogP contribution in [-0.2, 0) is 11.2 Å². The molecule has 0 saturated heterocycles. The Kier molecular flexibility index (Phi) is 4.23. The summed E-state index contributed by atoms with van der Waals surface area (Å²) in [6.45, 7) is 3.10. The molecule has 1 aromatic heterocycles. The van der Waals surface area contributed by atoms with E-state index in [0.29, 0.717) is 6.54 Å². The Bertz CT molecular complexity index is 676. The third-order valence-electron chi connectivity index (χ3n) is 3.88. The molecule has 5 nitrogen and oxygen atoms in total. The lowest BCUT2D eigenvalue weighted by Crippen LogP contribution is -2.38. The molecule has 0 atom stereocenters. The first kappa shape index (κ1) is 14.4. The highest BCUT2D eigenvalue weighted by molar-refractivity contribution is 5.97. The number of H-pyrrole nitrogens is 1. The van der Waals surface area contributed by atoms with Gasteiger partial charge in [0.25, 0.3) is 5.91 Å². The summed E-state index contributed by atoms with van der Waals surface area (Å²) in [6.07, 6.45) is 3.99. The van der Waals surface area contributed by atoms with E-state index in [-0.39, 0.29) is 5.91 Å². The fourth-order valence-corrected chi connectivity index (χ4v) is 2.75. The van der Waals surface area contributed by atoms with Crippen molar-refractivity contribution in [1.82, 2.24) is 10.4 Å². The SMILES string of the molecule is C/C(=N/NC(=O)CN1CCCc2ccccc21)c1ccc[nH]1. The minimum atomic E-state index is -0.0948. The minimum Gasteiger partial charge on any atom is -0.362 e. The molecule has 22 heavy (non-hydrogen) atoms. The standard InChI is InChI=1S/C17H20N4O/c1-13(15-8-4-10-18-15)19-20-17(22)12-21-11-5-7-14-6-2-3-9-16(14)21/h2-4,6,8-10,18H,5,7,11-12H2,1H3,(H,20,22)/b19-13-. The summed E-state index contributed by atoms with van der Waals surface area (Å²) in [5.74, 6) is -0.0948. The van der Waals surface area contributed by atoms with Crippen molar-refractivity contribution < 1.29 is 4.79 Å². The Morgan fingerprint density at radius 2 is 2.18 bits per heavy atom. The quantitative estimate of drug-likeness (QED) is 0.672. The molecule has 5 heteroatoms. The lowest BCUT2D eigenvalue weighted by Gasteiger charge is -2.30. The van der Waals surface area contributed by atoms with Crippen LogP contribution in [-0.4, -0.2) is 29.7 Å². The number of fused-ring (bicyclic) bond motifs is 1. The molecular formula is C17H20N4O. The Hall–Kier alpha value is -2.56. The van der Waals surface area contributed by atoms with Gasteiger partial charge in [-0.25, -0.2) is 5.43 Å². The van der Waals surface area contributed by atoms with E-state index in [1.165, 1.54) is 5.56 Å². The average molecular weight is 296 g/mol. The fraction of sp³-hybridized carbons (Fsp3) is 0.294. The molecule has 2 aromatic rings. The molecule has 0 spiro atoms. The topological polar surface area (TPSA) is 60.5 Å². The summed E-state index contributed by atoms with van der Waals surface area (Å²) in [6, 6.07) is 12.1. The molecule has 114 valence electrons. The maximum absolute atomic E-state index is 12.1. The first-order valence-corrected chi connectivity index (χ1v) is 7.54. The number of aryl methyl sites for hydroxylation is 1. The van der Waals surface area contributed by atoms with Gasteiger partial charge in [0.2, 0.25) is 0 Å². The van der Waals surface area contributed by atoms with Crippen molar-refractivity contribution >= 4 is 17.3 Å². The van der Waals surface area contributed by atoms with Crippen LogP contribution >= 0.6 is 0 Å². The summed E-state index contributed by atoms with van der Waals surface area (Å²) < 4.78 is 0. The zero-order valence-electron chi connectivity index (χ0n) is 12.7. The Labute approximate surface area is 130 Å². The van der Waals surface area contributed by atoms with Crippen LogP contribution in [0.15, 0.2) is 47.7 Å². The lowest BCUT2D eigenvalue weighted by molar-refractivity contribution is -0.119. The number of benzene rings is 1. The predicted molar refractivity (Wildman–Crippen MR) is 88.1 cm³/mol. The second-order valence-corrected chi connectivity index (χ2v) is 5.47. The van der Waals surface area contributed by atoms with Gasteiger partial charge in [0.15, 0.2) is 0 Å². The highest BCUT2D eigenvalue weighted by atomic mass is 16.2. The molecule has 0 aliphatic carbocycles. The van der Waals surface area contributed by atoms with Gasteiger partial charge in [0, 0.05) is 18.4 Å². The molecular weight excluding hydrogens is 276 g/mol. The fourth-order valence-electron chi connectivity index (χ4n) is 2.75. The monoisotopic (exact) mass is 296 g/mol. The summed E-state index contributed by atoms with van der Waals surface area (Å²) in [5.41, 5.74) is 6.78. The Balaban J connectivity index is 1.62. The summed E-state index contributed by atoms with van der Waals surface area (Å²) in [4.78, 5) is 17.3. The van der Waals surface area contributed by atoms with E-state index in [1.54, 1.807) is 0 Å². The van der Waals surface area contributed by atoms with Crippen LogP contribution in [0.5, 0.6) is 0 Å². The van der Waals surface area contributed by atoms with E-state index in [2.05, 4.69) is 32.5 Å². The number of aromatic amines is 1. The first-order valence-electron chi connectivity index (χ1n) is 7.54. The van der Waals surface area contributed by atoms with Crippen molar-refractivity contribution in [3.63, 3.8) is 0 Å². The third-order valence-corrected chi connectivity index (χ3v) is 3.88. The second kappa shape index (κ2) is 6.47. The van der Waals surface area contributed by atoms with Crippen LogP contribution in [0.1, 0.15) is 24.6 Å². The molecule has 1 aliphatic rings. The van der Waals surface area contributed by atoms with Crippen molar-refractivity contribution in [3.05, 3.63) is 53.9 Å². The molecule has 0 unspecified atom stereocenters.